The molecule has 2 aromatic heterocycles. The van der Waals surface area contributed by atoms with E-state index in [1.807, 2.05) is 43.3 Å². The van der Waals surface area contributed by atoms with Crippen LogP contribution in [0.2, 0.25) is 0 Å². The zero-order valence-corrected chi connectivity index (χ0v) is 26.2. The van der Waals surface area contributed by atoms with Gasteiger partial charge in [0.2, 0.25) is 5.95 Å². The minimum absolute atomic E-state index is 0.0513. The zero-order chi connectivity index (χ0) is 31.8. The normalized spacial score (nSPS) is 25.2. The molecular formula is C33H40N8O5. The number of ether oxygens (including phenoxy) is 3. The molecule has 0 radical (unpaired) electrons. The highest BCUT2D eigenvalue weighted by atomic mass is 16.8. The lowest BCUT2D eigenvalue weighted by molar-refractivity contribution is -0.219. The monoisotopic (exact) mass is 628 g/mol. The molecule has 0 saturated carbocycles. The van der Waals surface area contributed by atoms with E-state index in [0.717, 1.165) is 19.5 Å². The Labute approximate surface area is 267 Å². The summed E-state index contributed by atoms with van der Waals surface area (Å²) >= 11 is 0. The number of anilines is 2. The number of amides is 1. The molecule has 1 unspecified atom stereocenters. The maximum absolute atomic E-state index is 14.0. The van der Waals surface area contributed by atoms with Crippen LogP contribution in [-0.4, -0.2) is 93.3 Å². The van der Waals surface area contributed by atoms with Gasteiger partial charge in [-0.1, -0.05) is 60.7 Å². The molecule has 1 amide bonds. The van der Waals surface area contributed by atoms with Crippen molar-refractivity contribution in [1.82, 2.24) is 24.9 Å². The van der Waals surface area contributed by atoms with Crippen LogP contribution >= 0.6 is 0 Å². The number of aromatic nitrogens is 4. The quantitative estimate of drug-likeness (QED) is 0.205. The summed E-state index contributed by atoms with van der Waals surface area (Å²) < 4.78 is 19.1. The molecule has 13 heteroatoms. The van der Waals surface area contributed by atoms with Gasteiger partial charge in [0.05, 0.1) is 0 Å². The van der Waals surface area contributed by atoms with Gasteiger partial charge in [-0.15, -0.1) is 0 Å². The smallest absolute Gasteiger partial charge is 0.273 e. The molecule has 3 saturated heterocycles. The Kier molecular flexibility index (Phi) is 8.34. The van der Waals surface area contributed by atoms with Crippen LogP contribution in [0.1, 0.15) is 44.2 Å². The van der Waals surface area contributed by atoms with Gasteiger partial charge in [0, 0.05) is 31.6 Å². The summed E-state index contributed by atoms with van der Waals surface area (Å²) in [6.07, 6.45) is -1.37. The van der Waals surface area contributed by atoms with E-state index in [1.165, 1.54) is 16.1 Å². The van der Waals surface area contributed by atoms with Crippen molar-refractivity contribution in [2.24, 2.45) is 0 Å². The van der Waals surface area contributed by atoms with Gasteiger partial charge in [-0.2, -0.15) is 9.97 Å². The summed E-state index contributed by atoms with van der Waals surface area (Å²) in [5, 5.41) is 22.4. The molecule has 4 aromatic rings. The number of aliphatic hydroxyl groups excluding tert-OH is 1. The number of likely N-dealkylation sites (N-methyl/N-ethyl adjacent to an activating group) is 1. The van der Waals surface area contributed by atoms with Crippen molar-refractivity contribution in [3.8, 4) is 0 Å². The van der Waals surface area contributed by atoms with Crippen LogP contribution in [0.3, 0.4) is 0 Å². The lowest BCUT2D eigenvalue weighted by atomic mass is 9.91. The number of hydrogen-bond acceptors (Lipinski definition) is 11. The van der Waals surface area contributed by atoms with Crippen LogP contribution in [0.5, 0.6) is 0 Å². The van der Waals surface area contributed by atoms with Gasteiger partial charge in [-0.3, -0.25) is 4.79 Å². The first kappa shape index (κ1) is 30.5. The van der Waals surface area contributed by atoms with Crippen molar-refractivity contribution in [2.75, 3.05) is 41.8 Å². The molecule has 5 atom stereocenters. The molecule has 0 bridgehead atoms. The van der Waals surface area contributed by atoms with Gasteiger partial charge in [0.1, 0.15) is 18.5 Å². The van der Waals surface area contributed by atoms with Crippen LogP contribution in [0.4, 0.5) is 11.8 Å². The second-order valence-electron chi connectivity index (χ2n) is 12.3. The zero-order valence-electron chi connectivity index (χ0n) is 26.2. The Morgan fingerprint density at radius 3 is 2.43 bits per heavy atom. The fourth-order valence-electron chi connectivity index (χ4n) is 6.55. The minimum Gasteiger partial charge on any atom is -0.367 e. The fraction of sp³-hybridized carbons (Fsp3) is 0.455. The van der Waals surface area contributed by atoms with E-state index >= 15 is 0 Å². The van der Waals surface area contributed by atoms with Crippen molar-refractivity contribution in [3.63, 3.8) is 0 Å². The number of rotatable bonds is 10. The molecule has 0 aliphatic carbocycles. The van der Waals surface area contributed by atoms with Crippen LogP contribution in [0, 0.1) is 0 Å². The first-order valence-electron chi connectivity index (χ1n) is 15.9. The lowest BCUT2D eigenvalue weighted by Gasteiger charge is -2.27. The average Bonchev–Trinajstić information content (AvgIpc) is 3.85. The van der Waals surface area contributed by atoms with Crippen molar-refractivity contribution < 1.29 is 24.1 Å². The molecule has 46 heavy (non-hydrogen) atoms. The van der Waals surface area contributed by atoms with Gasteiger partial charge in [-0.05, 0) is 44.9 Å². The Bertz CT molecular complexity index is 1620. The third-order valence-corrected chi connectivity index (χ3v) is 8.74. The number of nitrogens with one attached hydrogen (secondary N) is 3. The molecule has 4 N–H and O–H groups in total. The molecule has 3 aliphatic rings. The first-order chi connectivity index (χ1) is 22.3. The predicted molar refractivity (Wildman–Crippen MR) is 172 cm³/mol. The number of aliphatic hydroxyl groups is 1. The van der Waals surface area contributed by atoms with Crippen molar-refractivity contribution in [1.29, 1.82) is 0 Å². The van der Waals surface area contributed by atoms with Gasteiger partial charge >= 0.3 is 0 Å². The van der Waals surface area contributed by atoms with E-state index in [-0.39, 0.29) is 18.5 Å². The second kappa shape index (κ2) is 12.6. The molecule has 2 aromatic carbocycles. The Morgan fingerprint density at radius 2 is 1.78 bits per heavy atom. The number of imidazole rings is 1. The maximum Gasteiger partial charge on any atom is 0.273 e. The molecule has 3 aliphatic heterocycles. The standard InChI is InChI=1S/C33H40N8O5/c1-4-40(30(42)26-25-27(31(43)44-26)46-33(2,3)45-25)41-19-36-24-28(38-32(39-29(24)41)37-22-15-16-34-17-22)35-18-23(20-11-7-5-8-12-20)21-13-9-6-10-14-21/h5-14,19,22-23,25-27,31,34,43H,4,15-18H2,1-3H3,(H2,35,37,38,39)/t22?,25-,26+,27-,31-/m1/s1. The highest BCUT2D eigenvalue weighted by Gasteiger charge is 2.58. The largest absolute Gasteiger partial charge is 0.367 e. The summed E-state index contributed by atoms with van der Waals surface area (Å²) in [6.45, 7) is 7.91. The number of benzene rings is 2. The molecule has 242 valence electrons. The lowest BCUT2D eigenvalue weighted by Crippen LogP contribution is -2.50. The first-order valence-corrected chi connectivity index (χ1v) is 15.9. The highest BCUT2D eigenvalue weighted by molar-refractivity contribution is 5.93. The van der Waals surface area contributed by atoms with Crippen LogP contribution < -0.4 is 21.0 Å². The second-order valence-corrected chi connectivity index (χ2v) is 12.3. The Morgan fingerprint density at radius 1 is 1.09 bits per heavy atom. The summed E-state index contributed by atoms with van der Waals surface area (Å²) in [6, 6.07) is 20.9. The van der Waals surface area contributed by atoms with E-state index in [0.29, 0.717) is 29.5 Å². The average molecular weight is 629 g/mol. The highest BCUT2D eigenvalue weighted by Crippen LogP contribution is 2.38. The topological polar surface area (TPSA) is 148 Å². The maximum atomic E-state index is 14.0. The molecule has 3 fully saturated rings. The number of carbonyl (C=O) groups is 1. The van der Waals surface area contributed by atoms with Crippen LogP contribution in [0.25, 0.3) is 11.2 Å². The number of hydrogen-bond donors (Lipinski definition) is 4. The van der Waals surface area contributed by atoms with Crippen LogP contribution in [0.15, 0.2) is 67.0 Å². The van der Waals surface area contributed by atoms with Crippen LogP contribution in [-0.2, 0) is 19.0 Å². The third-order valence-electron chi connectivity index (χ3n) is 8.74. The molecule has 7 rings (SSSR count). The molecule has 13 nitrogen and oxygen atoms in total. The van der Waals surface area contributed by atoms with Gasteiger partial charge in [-0.25, -0.2) is 14.7 Å². The predicted octanol–water partition coefficient (Wildman–Crippen LogP) is 2.57. The van der Waals surface area contributed by atoms with Crippen molar-refractivity contribution in [2.45, 2.75) is 69.5 Å². The van der Waals surface area contributed by atoms with E-state index in [9.17, 15) is 9.90 Å². The molecule has 0 spiro atoms. The van der Waals surface area contributed by atoms with Gasteiger partial charge in [0.25, 0.3) is 5.91 Å². The molecule has 5 heterocycles. The van der Waals surface area contributed by atoms with E-state index in [1.54, 1.807) is 24.9 Å². The van der Waals surface area contributed by atoms with E-state index < -0.39 is 36.3 Å². The summed E-state index contributed by atoms with van der Waals surface area (Å²) in [5.41, 5.74) is 3.33. The van der Waals surface area contributed by atoms with E-state index in [2.05, 4.69) is 40.2 Å². The number of nitrogens with zero attached hydrogens (tertiary/aromatic N) is 5. The number of fused-ring (bicyclic) bond motifs is 2. The van der Waals surface area contributed by atoms with Crippen molar-refractivity contribution >= 4 is 28.8 Å². The third kappa shape index (κ3) is 5.92. The summed E-state index contributed by atoms with van der Waals surface area (Å²) in [7, 11) is 0. The Hall–Kier alpha value is -4.14. The summed E-state index contributed by atoms with van der Waals surface area (Å²) in [5.74, 6) is -0.301. The fourth-order valence-corrected chi connectivity index (χ4v) is 6.55. The van der Waals surface area contributed by atoms with Crippen molar-refractivity contribution in [3.05, 3.63) is 78.1 Å². The molecular weight excluding hydrogens is 588 g/mol. The number of carbonyl (C=O) groups excluding carboxylic acids is 1. The minimum atomic E-state index is -1.28. The Balaban J connectivity index is 1.22. The summed E-state index contributed by atoms with van der Waals surface area (Å²) in [4.78, 5) is 28.4. The van der Waals surface area contributed by atoms with Gasteiger partial charge < -0.3 is 35.3 Å². The SMILES string of the molecule is CCN(C(=O)[C@H]1O[C@@H](O)[C@@H]2OC(C)(C)O[C@@H]21)n1cnc2c(NCC(c3ccccc3)c3ccccc3)nc(NC3CCNC3)nc21. The van der Waals surface area contributed by atoms with Gasteiger partial charge in [0.15, 0.2) is 35.2 Å². The van der Waals surface area contributed by atoms with E-state index in [4.69, 9.17) is 29.2 Å².